The molecule has 3 aliphatic heterocycles. The first-order valence-electron chi connectivity index (χ1n) is 22.1. The van der Waals surface area contributed by atoms with Crippen LogP contribution in [0.1, 0.15) is 98.4 Å². The van der Waals surface area contributed by atoms with Crippen LogP contribution in [0.3, 0.4) is 0 Å². The second kappa shape index (κ2) is 17.5. The van der Waals surface area contributed by atoms with Crippen molar-refractivity contribution in [2.75, 3.05) is 24.2 Å². The van der Waals surface area contributed by atoms with Gasteiger partial charge in [0.15, 0.2) is 0 Å². The summed E-state index contributed by atoms with van der Waals surface area (Å²) in [6.07, 6.45) is 9.94. The highest BCUT2D eigenvalue weighted by molar-refractivity contribution is 6.31. The number of imidazole rings is 1. The molecule has 3 aromatic carbocycles. The minimum Gasteiger partial charge on any atom is -0.325 e. The molecule has 13 nitrogen and oxygen atoms in total. The fourth-order valence-electron chi connectivity index (χ4n) is 11.1. The van der Waals surface area contributed by atoms with E-state index in [9.17, 15) is 24.0 Å². The number of carbonyl (C=O) groups excluding carboxylic acids is 4. The summed E-state index contributed by atoms with van der Waals surface area (Å²) in [4.78, 5) is 73.4. The van der Waals surface area contributed by atoms with Gasteiger partial charge in [-0.3, -0.25) is 38.9 Å². The summed E-state index contributed by atoms with van der Waals surface area (Å²) in [6, 6.07) is 17.9. The number of halogens is 3. The first-order valence-corrected chi connectivity index (χ1v) is 22.9. The molecular formula is C48H51Cl2FN8O5. The number of unbranched alkanes of at least 4 members (excludes halogenated alkanes) is 2. The van der Waals surface area contributed by atoms with E-state index in [1.165, 1.54) is 10.6 Å². The van der Waals surface area contributed by atoms with Gasteiger partial charge in [-0.15, -0.1) is 0 Å². The van der Waals surface area contributed by atoms with Gasteiger partial charge in [-0.2, -0.15) is 0 Å². The van der Waals surface area contributed by atoms with Gasteiger partial charge in [-0.05, 0) is 111 Å². The highest BCUT2D eigenvalue weighted by atomic mass is 35.5. The number of aromatic nitrogens is 3. The van der Waals surface area contributed by atoms with E-state index < -0.39 is 46.6 Å². The van der Waals surface area contributed by atoms with Gasteiger partial charge in [0, 0.05) is 48.4 Å². The van der Waals surface area contributed by atoms with Gasteiger partial charge >= 0.3 is 5.69 Å². The van der Waals surface area contributed by atoms with Crippen LogP contribution in [0.4, 0.5) is 15.9 Å². The quantitative estimate of drug-likeness (QED) is 0.0751. The maximum atomic E-state index is 16.3. The van der Waals surface area contributed by atoms with Gasteiger partial charge in [0.2, 0.25) is 23.6 Å². The number of piperidine rings is 1. The first-order chi connectivity index (χ1) is 30.8. The molecule has 4 atom stereocenters. The number of rotatable bonds is 12. The number of imide groups is 1. The smallest absolute Gasteiger partial charge is 0.325 e. The number of pyridine rings is 1. The van der Waals surface area contributed by atoms with E-state index in [2.05, 4.69) is 38.2 Å². The van der Waals surface area contributed by atoms with Crippen LogP contribution in [0.15, 0.2) is 77.7 Å². The van der Waals surface area contributed by atoms with Gasteiger partial charge in [-0.25, -0.2) is 14.2 Å². The van der Waals surface area contributed by atoms with Crippen LogP contribution in [0, 0.1) is 5.82 Å². The zero-order valence-electron chi connectivity index (χ0n) is 35.8. The Hall–Kier alpha value is -5.41. The van der Waals surface area contributed by atoms with Gasteiger partial charge in [0.25, 0.3) is 0 Å². The first kappa shape index (κ1) is 43.8. The maximum absolute atomic E-state index is 16.3. The molecule has 3 fully saturated rings. The van der Waals surface area contributed by atoms with Crippen molar-refractivity contribution in [2.45, 2.75) is 106 Å². The Balaban J connectivity index is 0.837. The molecule has 2 aromatic heterocycles. The molecule has 4 aliphatic rings. The predicted octanol–water partition coefficient (Wildman–Crippen LogP) is 7.29. The monoisotopic (exact) mass is 908 g/mol. The second-order valence-corrected chi connectivity index (χ2v) is 18.8. The lowest BCUT2D eigenvalue weighted by molar-refractivity contribution is -0.135. The molecule has 4 amide bonds. The van der Waals surface area contributed by atoms with Crippen LogP contribution in [0.25, 0.3) is 11.0 Å². The van der Waals surface area contributed by atoms with Crippen LogP contribution in [0.2, 0.25) is 10.0 Å². The zero-order chi connectivity index (χ0) is 44.9. The molecular weight excluding hydrogens is 858 g/mol. The van der Waals surface area contributed by atoms with Crippen molar-refractivity contribution in [3.05, 3.63) is 122 Å². The number of fused-ring (bicyclic) bond motifs is 4. The number of hydrogen-bond acceptors (Lipinski definition) is 8. The average molecular weight is 910 g/mol. The van der Waals surface area contributed by atoms with Crippen LogP contribution < -0.4 is 27.0 Å². The lowest BCUT2D eigenvalue weighted by Gasteiger charge is -2.47. The van der Waals surface area contributed by atoms with E-state index >= 15 is 4.39 Å². The molecule has 4 N–H and O–H groups in total. The molecule has 2 spiro atoms. The van der Waals surface area contributed by atoms with Gasteiger partial charge in [0.1, 0.15) is 23.1 Å². The lowest BCUT2D eigenvalue weighted by Crippen LogP contribution is -2.60. The summed E-state index contributed by atoms with van der Waals surface area (Å²) in [5.41, 5.74) is 2.52. The highest BCUT2D eigenvalue weighted by Crippen LogP contribution is 2.63. The zero-order valence-corrected chi connectivity index (χ0v) is 37.3. The Morgan fingerprint density at radius 3 is 2.50 bits per heavy atom. The number of aryl methyl sites for hydroxylation is 2. The number of nitrogens with zero attached hydrogens (tertiary/aromatic N) is 4. The van der Waals surface area contributed by atoms with Gasteiger partial charge < -0.3 is 15.5 Å². The number of benzene rings is 3. The molecule has 1 unspecified atom stereocenters. The molecule has 0 bridgehead atoms. The van der Waals surface area contributed by atoms with E-state index in [0.29, 0.717) is 53.4 Å². The number of anilines is 2. The van der Waals surface area contributed by atoms with Crippen molar-refractivity contribution in [3.63, 3.8) is 0 Å². The Morgan fingerprint density at radius 2 is 1.73 bits per heavy atom. The molecule has 64 heavy (non-hydrogen) atoms. The Kier molecular flexibility index (Phi) is 12.0. The molecule has 5 heterocycles. The third kappa shape index (κ3) is 7.61. The Labute approximate surface area is 380 Å². The molecule has 9 rings (SSSR count). The lowest BCUT2D eigenvalue weighted by atomic mass is 9.55. The molecule has 16 heteroatoms. The van der Waals surface area contributed by atoms with E-state index in [1.807, 2.05) is 30.3 Å². The van der Waals surface area contributed by atoms with Crippen molar-refractivity contribution in [1.82, 2.24) is 29.7 Å². The Bertz CT molecular complexity index is 2730. The van der Waals surface area contributed by atoms with Crippen LogP contribution in [-0.4, -0.2) is 67.8 Å². The molecule has 2 saturated heterocycles. The minimum atomic E-state index is -1.33. The summed E-state index contributed by atoms with van der Waals surface area (Å²) < 4.78 is 19.3. The Morgan fingerprint density at radius 1 is 0.938 bits per heavy atom. The van der Waals surface area contributed by atoms with Gasteiger partial charge in [-0.1, -0.05) is 79.2 Å². The van der Waals surface area contributed by atoms with Crippen molar-refractivity contribution in [1.29, 1.82) is 0 Å². The topological polar surface area (TPSA) is 159 Å². The fourth-order valence-corrected chi connectivity index (χ4v) is 11.4. The van der Waals surface area contributed by atoms with Crippen molar-refractivity contribution >= 4 is 69.4 Å². The number of carbonyl (C=O) groups is 4. The summed E-state index contributed by atoms with van der Waals surface area (Å²) >= 11 is 12.8. The molecule has 1 aliphatic carbocycles. The van der Waals surface area contributed by atoms with Crippen LogP contribution in [0.5, 0.6) is 0 Å². The third-order valence-electron chi connectivity index (χ3n) is 14.0. The fraction of sp³-hybridized carbons (Fsp3) is 0.417. The average Bonchev–Trinajstić information content (AvgIpc) is 3.82. The standard InChI is InChI=1S/C48H51Cl2FN8O5/c1-57(23-8-3-5-10-28-13-17-35-37(24-28)58(2)46(64)59(35)36-18-20-39(60)55-43(36)61)27-29-14-19-38(52-26-29)54-44(62)42-40(31-11-9-12-33(50)41(31)51)48(47(56-42)21-6-4-7-22-47)32-16-15-30(49)25-34(32)53-45(48)63/h9,11-17,19,24-26,36,40,42,56H,3-8,10,18,20-23,27H2,1-2H3,(H,53,63)(H,52,54,62)(H,55,60,61)/t36?,40-,42+,48+/m0/s1. The summed E-state index contributed by atoms with van der Waals surface area (Å²) in [7, 11) is 3.76. The molecule has 5 aromatic rings. The maximum Gasteiger partial charge on any atom is 0.329 e. The predicted molar refractivity (Wildman–Crippen MR) is 244 cm³/mol. The summed E-state index contributed by atoms with van der Waals surface area (Å²) in [5, 5.41) is 12.4. The van der Waals surface area contributed by atoms with Crippen LogP contribution >= 0.6 is 23.2 Å². The number of hydrogen-bond donors (Lipinski definition) is 4. The number of amides is 4. The number of nitrogens with one attached hydrogen (secondary N) is 4. The van der Waals surface area contributed by atoms with Crippen LogP contribution in [-0.2, 0) is 44.6 Å². The van der Waals surface area contributed by atoms with E-state index in [0.717, 1.165) is 68.1 Å². The largest absolute Gasteiger partial charge is 0.329 e. The SMILES string of the molecule is CN(CCCCCc1ccc2c(c1)n(C)c(=O)n2C1CCC(=O)NC1=O)Cc1ccc(NC(=O)[C@@H]2NC3(CCCCC3)[C@@]3(C(=O)Nc4cc(Cl)ccc43)[C@H]2c2cccc(Cl)c2F)nc1. The van der Waals surface area contributed by atoms with Gasteiger partial charge in [0.05, 0.1) is 22.1 Å². The van der Waals surface area contributed by atoms with Crippen molar-refractivity contribution < 1.29 is 23.6 Å². The van der Waals surface area contributed by atoms with Crippen molar-refractivity contribution in [3.8, 4) is 0 Å². The molecule has 334 valence electrons. The van der Waals surface area contributed by atoms with E-state index in [1.54, 1.807) is 48.1 Å². The summed E-state index contributed by atoms with van der Waals surface area (Å²) in [6.45, 7) is 1.52. The van der Waals surface area contributed by atoms with E-state index in [4.69, 9.17) is 23.2 Å². The second-order valence-electron chi connectivity index (χ2n) is 17.9. The summed E-state index contributed by atoms with van der Waals surface area (Å²) in [5.74, 6) is -2.74. The highest BCUT2D eigenvalue weighted by Gasteiger charge is 2.72. The van der Waals surface area contributed by atoms with E-state index in [-0.39, 0.29) is 34.5 Å². The molecule has 0 radical (unpaired) electrons. The normalized spacial score (nSPS) is 22.7. The van der Waals surface area contributed by atoms with Crippen molar-refractivity contribution in [2.24, 2.45) is 7.05 Å². The third-order valence-corrected chi connectivity index (χ3v) is 14.5. The molecule has 1 saturated carbocycles. The minimum absolute atomic E-state index is 0.0843.